The standard InChI is InChI=1S/C17H20N4O2/c1-11-8-21(10-13(11)16(18)22)17(23)14-9-20(2)19-15(14)12-6-4-3-5-7-12/h3-7,9,11,13H,8,10H2,1-2H3,(H2,18,22)/t11-,13-/m1/s1. The Morgan fingerprint density at radius 1 is 1.22 bits per heavy atom. The molecule has 2 amide bonds. The number of aryl methyl sites for hydroxylation is 1. The van der Waals surface area contributed by atoms with Crippen molar-refractivity contribution in [2.45, 2.75) is 6.92 Å². The number of primary amides is 1. The van der Waals surface area contributed by atoms with E-state index in [-0.39, 0.29) is 23.7 Å². The van der Waals surface area contributed by atoms with Crippen molar-refractivity contribution in [3.8, 4) is 11.3 Å². The van der Waals surface area contributed by atoms with Crippen LogP contribution in [0.1, 0.15) is 17.3 Å². The molecule has 1 saturated heterocycles. The van der Waals surface area contributed by atoms with Gasteiger partial charge in [0.2, 0.25) is 5.91 Å². The van der Waals surface area contributed by atoms with Crippen LogP contribution >= 0.6 is 0 Å². The molecule has 0 aliphatic carbocycles. The second-order valence-electron chi connectivity index (χ2n) is 6.13. The summed E-state index contributed by atoms with van der Waals surface area (Å²) in [7, 11) is 1.79. The predicted molar refractivity (Wildman–Crippen MR) is 86.4 cm³/mol. The number of nitrogens with zero attached hydrogens (tertiary/aromatic N) is 3. The number of likely N-dealkylation sites (tertiary alicyclic amines) is 1. The first-order valence-corrected chi connectivity index (χ1v) is 7.65. The van der Waals surface area contributed by atoms with Gasteiger partial charge in [-0.1, -0.05) is 37.3 Å². The molecule has 1 aliphatic heterocycles. The molecule has 120 valence electrons. The highest BCUT2D eigenvalue weighted by Gasteiger charge is 2.37. The van der Waals surface area contributed by atoms with Gasteiger partial charge in [-0.3, -0.25) is 14.3 Å². The van der Waals surface area contributed by atoms with Crippen LogP contribution in [0.25, 0.3) is 11.3 Å². The molecule has 0 unspecified atom stereocenters. The first kappa shape index (κ1) is 15.3. The second-order valence-corrected chi connectivity index (χ2v) is 6.13. The first-order chi connectivity index (χ1) is 11.0. The Morgan fingerprint density at radius 3 is 2.52 bits per heavy atom. The third-order valence-electron chi connectivity index (χ3n) is 4.37. The molecule has 0 radical (unpaired) electrons. The minimum Gasteiger partial charge on any atom is -0.369 e. The Kier molecular flexibility index (Phi) is 3.90. The third-order valence-corrected chi connectivity index (χ3v) is 4.37. The maximum Gasteiger partial charge on any atom is 0.257 e. The quantitative estimate of drug-likeness (QED) is 0.927. The zero-order valence-electron chi connectivity index (χ0n) is 13.3. The molecule has 0 spiro atoms. The molecule has 0 saturated carbocycles. The molecular formula is C17H20N4O2. The highest BCUT2D eigenvalue weighted by molar-refractivity contribution is 6.00. The molecule has 1 aromatic heterocycles. The number of rotatable bonds is 3. The number of aromatic nitrogens is 2. The summed E-state index contributed by atoms with van der Waals surface area (Å²) in [6, 6.07) is 9.61. The van der Waals surface area contributed by atoms with E-state index in [4.69, 9.17) is 5.73 Å². The maximum atomic E-state index is 12.9. The van der Waals surface area contributed by atoms with Gasteiger partial charge in [-0.25, -0.2) is 0 Å². The lowest BCUT2D eigenvalue weighted by Gasteiger charge is -2.15. The molecule has 2 N–H and O–H groups in total. The fraction of sp³-hybridized carbons (Fsp3) is 0.353. The van der Waals surface area contributed by atoms with E-state index in [1.165, 1.54) is 0 Å². The number of carbonyl (C=O) groups is 2. The number of carbonyl (C=O) groups excluding carboxylic acids is 2. The van der Waals surface area contributed by atoms with Crippen molar-refractivity contribution in [3.63, 3.8) is 0 Å². The number of amides is 2. The number of benzene rings is 1. The van der Waals surface area contributed by atoms with Crippen LogP contribution in [-0.2, 0) is 11.8 Å². The van der Waals surface area contributed by atoms with Gasteiger partial charge in [-0.2, -0.15) is 5.10 Å². The lowest BCUT2D eigenvalue weighted by molar-refractivity contribution is -0.122. The van der Waals surface area contributed by atoms with Crippen LogP contribution in [0.15, 0.2) is 36.5 Å². The number of nitrogens with two attached hydrogens (primary N) is 1. The number of hydrogen-bond donors (Lipinski definition) is 1. The van der Waals surface area contributed by atoms with Crippen molar-refractivity contribution in [3.05, 3.63) is 42.1 Å². The molecule has 6 nitrogen and oxygen atoms in total. The average Bonchev–Trinajstić information content (AvgIpc) is 3.11. The second kappa shape index (κ2) is 5.87. The van der Waals surface area contributed by atoms with Gasteiger partial charge >= 0.3 is 0 Å². The van der Waals surface area contributed by atoms with Gasteiger partial charge in [0, 0.05) is 31.9 Å². The third kappa shape index (κ3) is 2.84. The Morgan fingerprint density at radius 2 is 1.91 bits per heavy atom. The molecule has 2 atom stereocenters. The molecule has 2 heterocycles. The summed E-state index contributed by atoms with van der Waals surface area (Å²) in [5.74, 6) is -0.654. The van der Waals surface area contributed by atoms with E-state index >= 15 is 0 Å². The van der Waals surface area contributed by atoms with Gasteiger partial charge in [-0.15, -0.1) is 0 Å². The average molecular weight is 312 g/mol. The summed E-state index contributed by atoms with van der Waals surface area (Å²) >= 11 is 0. The van der Waals surface area contributed by atoms with Crippen LogP contribution in [0.4, 0.5) is 0 Å². The van der Waals surface area contributed by atoms with Gasteiger partial charge in [0.15, 0.2) is 0 Å². The van der Waals surface area contributed by atoms with Crippen LogP contribution in [-0.4, -0.2) is 39.6 Å². The Hall–Kier alpha value is -2.63. The van der Waals surface area contributed by atoms with Crippen LogP contribution in [0.2, 0.25) is 0 Å². The van der Waals surface area contributed by atoms with E-state index in [1.807, 2.05) is 37.3 Å². The minimum absolute atomic E-state index is 0.0771. The van der Waals surface area contributed by atoms with Crippen molar-refractivity contribution in [1.29, 1.82) is 0 Å². The molecule has 3 rings (SSSR count). The molecule has 1 aliphatic rings. The van der Waals surface area contributed by atoms with Gasteiger partial charge in [0.05, 0.1) is 11.5 Å². The Bertz CT molecular complexity index is 738. The lowest BCUT2D eigenvalue weighted by atomic mass is 9.98. The predicted octanol–water partition coefficient (Wildman–Crippen LogP) is 1.28. The zero-order chi connectivity index (χ0) is 16.6. The van der Waals surface area contributed by atoms with E-state index in [9.17, 15) is 9.59 Å². The molecule has 6 heteroatoms. The molecule has 1 fully saturated rings. The van der Waals surface area contributed by atoms with E-state index in [1.54, 1.807) is 22.8 Å². The van der Waals surface area contributed by atoms with Crippen molar-refractivity contribution >= 4 is 11.8 Å². The van der Waals surface area contributed by atoms with Gasteiger partial charge < -0.3 is 10.6 Å². The molecule has 0 bridgehead atoms. The minimum atomic E-state index is -0.345. The van der Waals surface area contributed by atoms with Crippen LogP contribution < -0.4 is 5.73 Å². The Balaban J connectivity index is 1.91. The maximum absolute atomic E-state index is 12.9. The van der Waals surface area contributed by atoms with Crippen molar-refractivity contribution < 1.29 is 9.59 Å². The van der Waals surface area contributed by atoms with E-state index in [0.29, 0.717) is 24.3 Å². The fourth-order valence-corrected chi connectivity index (χ4v) is 3.13. The zero-order valence-corrected chi connectivity index (χ0v) is 13.3. The summed E-state index contributed by atoms with van der Waals surface area (Å²) in [6.07, 6.45) is 1.73. The smallest absolute Gasteiger partial charge is 0.257 e. The van der Waals surface area contributed by atoms with Crippen LogP contribution in [0.5, 0.6) is 0 Å². The molecule has 2 aromatic rings. The topological polar surface area (TPSA) is 81.2 Å². The van der Waals surface area contributed by atoms with Gasteiger partial charge in [0.1, 0.15) is 5.69 Å². The number of hydrogen-bond acceptors (Lipinski definition) is 3. The summed E-state index contributed by atoms with van der Waals surface area (Å²) in [4.78, 5) is 26.1. The summed E-state index contributed by atoms with van der Waals surface area (Å²) in [6.45, 7) is 2.86. The van der Waals surface area contributed by atoms with E-state index < -0.39 is 0 Å². The van der Waals surface area contributed by atoms with Gasteiger partial charge in [-0.05, 0) is 5.92 Å². The summed E-state index contributed by atoms with van der Waals surface area (Å²) in [5, 5.41) is 4.42. The molecular weight excluding hydrogens is 292 g/mol. The molecule has 1 aromatic carbocycles. The lowest BCUT2D eigenvalue weighted by Crippen LogP contribution is -2.32. The van der Waals surface area contributed by atoms with Gasteiger partial charge in [0.25, 0.3) is 5.91 Å². The monoisotopic (exact) mass is 312 g/mol. The Labute approximate surface area is 134 Å². The van der Waals surface area contributed by atoms with Crippen molar-refractivity contribution in [1.82, 2.24) is 14.7 Å². The van der Waals surface area contributed by atoms with Crippen molar-refractivity contribution in [2.75, 3.05) is 13.1 Å². The van der Waals surface area contributed by atoms with Crippen LogP contribution in [0, 0.1) is 11.8 Å². The summed E-state index contributed by atoms with van der Waals surface area (Å²) in [5.41, 5.74) is 7.53. The SMILES string of the molecule is C[C@@H]1CN(C(=O)c2cn(C)nc2-c2ccccc2)C[C@H]1C(N)=O. The largest absolute Gasteiger partial charge is 0.369 e. The van der Waals surface area contributed by atoms with E-state index in [2.05, 4.69) is 5.10 Å². The first-order valence-electron chi connectivity index (χ1n) is 7.65. The summed E-state index contributed by atoms with van der Waals surface area (Å²) < 4.78 is 1.64. The molecule has 23 heavy (non-hydrogen) atoms. The highest BCUT2D eigenvalue weighted by atomic mass is 16.2. The van der Waals surface area contributed by atoms with Crippen LogP contribution in [0.3, 0.4) is 0 Å². The highest BCUT2D eigenvalue weighted by Crippen LogP contribution is 2.27. The van der Waals surface area contributed by atoms with E-state index in [0.717, 1.165) is 5.56 Å². The normalized spacial score (nSPS) is 20.7. The fourth-order valence-electron chi connectivity index (χ4n) is 3.13. The van der Waals surface area contributed by atoms with Crippen molar-refractivity contribution in [2.24, 2.45) is 24.6 Å².